The van der Waals surface area contributed by atoms with Crippen molar-refractivity contribution in [3.63, 3.8) is 0 Å². The van der Waals surface area contributed by atoms with Gasteiger partial charge in [-0.05, 0) is 45.8 Å². The zero-order valence-corrected chi connectivity index (χ0v) is 12.5. The van der Waals surface area contributed by atoms with Crippen LogP contribution in [0.15, 0.2) is 39.6 Å². The quantitative estimate of drug-likeness (QED) is 0.867. The van der Waals surface area contributed by atoms with Crippen molar-refractivity contribution in [2.75, 3.05) is 12.8 Å². The number of carbonyl (C=O) groups excluding carboxylic acids is 1. The van der Waals surface area contributed by atoms with E-state index in [4.69, 9.17) is 21.8 Å². The first-order valence-electron chi connectivity index (χ1n) is 5.51. The first-order chi connectivity index (χ1) is 8.99. The van der Waals surface area contributed by atoms with Gasteiger partial charge in [-0.25, -0.2) is 0 Å². The maximum Gasteiger partial charge on any atom is 0.258 e. The minimum atomic E-state index is -0.154. The van der Waals surface area contributed by atoms with E-state index < -0.39 is 0 Å². The molecule has 0 fully saturated rings. The molecule has 1 aromatic carbocycles. The smallest absolute Gasteiger partial charge is 0.258 e. The Morgan fingerprint density at radius 3 is 2.84 bits per heavy atom. The molecule has 19 heavy (non-hydrogen) atoms. The molecule has 100 valence electrons. The summed E-state index contributed by atoms with van der Waals surface area (Å²) < 4.78 is 5.47. The molecule has 0 aliphatic rings. The van der Waals surface area contributed by atoms with Gasteiger partial charge in [0.05, 0.1) is 11.8 Å². The van der Waals surface area contributed by atoms with Gasteiger partial charge in [-0.1, -0.05) is 11.6 Å². The number of furan rings is 1. The van der Waals surface area contributed by atoms with Gasteiger partial charge >= 0.3 is 0 Å². The van der Waals surface area contributed by atoms with Gasteiger partial charge in [0, 0.05) is 24.3 Å². The van der Waals surface area contributed by atoms with E-state index in [9.17, 15) is 4.79 Å². The minimum absolute atomic E-state index is 0.154. The number of nitrogens with two attached hydrogens (primary N) is 1. The molecule has 2 aromatic rings. The lowest BCUT2D eigenvalue weighted by Gasteiger charge is -2.17. The summed E-state index contributed by atoms with van der Waals surface area (Å²) in [5.41, 5.74) is 7.61. The zero-order valence-electron chi connectivity index (χ0n) is 10.2. The molecular weight excluding hydrogens is 332 g/mol. The van der Waals surface area contributed by atoms with Crippen LogP contribution in [0.3, 0.4) is 0 Å². The van der Waals surface area contributed by atoms with Gasteiger partial charge in [0.2, 0.25) is 0 Å². The molecule has 0 aliphatic carbocycles. The second-order valence-electron chi connectivity index (χ2n) is 4.12. The zero-order chi connectivity index (χ0) is 14.0. The van der Waals surface area contributed by atoms with E-state index in [0.717, 1.165) is 5.56 Å². The van der Waals surface area contributed by atoms with Crippen LogP contribution in [0.25, 0.3) is 0 Å². The topological polar surface area (TPSA) is 59.5 Å². The average molecular weight is 344 g/mol. The van der Waals surface area contributed by atoms with Crippen molar-refractivity contribution >= 4 is 39.1 Å². The number of carbonyl (C=O) groups is 1. The summed E-state index contributed by atoms with van der Waals surface area (Å²) in [7, 11) is 1.70. The number of anilines is 1. The van der Waals surface area contributed by atoms with Crippen LogP contribution in [0.1, 0.15) is 15.9 Å². The van der Waals surface area contributed by atoms with Crippen LogP contribution in [0, 0.1) is 0 Å². The predicted octanol–water partition coefficient (Wildman–Crippen LogP) is 3.55. The van der Waals surface area contributed by atoms with Crippen LogP contribution in [-0.4, -0.2) is 17.9 Å². The summed E-state index contributed by atoms with van der Waals surface area (Å²) in [5.74, 6) is -0.154. The molecule has 0 saturated heterocycles. The Balaban J connectivity index is 2.17. The number of nitrogen functional groups attached to an aromatic ring is 1. The van der Waals surface area contributed by atoms with Gasteiger partial charge in [-0.3, -0.25) is 4.79 Å². The molecule has 0 atom stereocenters. The second-order valence-corrected chi connectivity index (χ2v) is 5.25. The number of halogens is 2. The van der Waals surface area contributed by atoms with E-state index in [0.29, 0.717) is 27.5 Å². The third-order valence-electron chi connectivity index (χ3n) is 2.67. The lowest BCUT2D eigenvalue weighted by atomic mass is 10.2. The first kappa shape index (κ1) is 14.0. The molecule has 0 unspecified atom stereocenters. The third kappa shape index (κ3) is 3.11. The lowest BCUT2D eigenvalue weighted by molar-refractivity contribution is 0.0783. The SMILES string of the molecule is CN(Cc1cc(N)ccc1Cl)C(=O)c1ccoc1Br. The highest BCUT2D eigenvalue weighted by molar-refractivity contribution is 9.10. The van der Waals surface area contributed by atoms with Crippen molar-refractivity contribution in [1.29, 1.82) is 0 Å². The van der Waals surface area contributed by atoms with Crippen molar-refractivity contribution in [2.45, 2.75) is 6.54 Å². The highest BCUT2D eigenvalue weighted by atomic mass is 79.9. The van der Waals surface area contributed by atoms with Crippen molar-refractivity contribution < 1.29 is 9.21 Å². The van der Waals surface area contributed by atoms with Gasteiger partial charge in [0.1, 0.15) is 0 Å². The molecular formula is C13H12BrClN2O2. The van der Waals surface area contributed by atoms with E-state index in [-0.39, 0.29) is 5.91 Å². The summed E-state index contributed by atoms with van der Waals surface area (Å²) in [6, 6.07) is 6.82. The predicted molar refractivity (Wildman–Crippen MR) is 78.1 cm³/mol. The maximum atomic E-state index is 12.2. The number of nitrogens with zero attached hydrogens (tertiary/aromatic N) is 1. The number of hydrogen-bond donors (Lipinski definition) is 1. The summed E-state index contributed by atoms with van der Waals surface area (Å²) in [5, 5.41) is 0.583. The number of rotatable bonds is 3. The first-order valence-corrected chi connectivity index (χ1v) is 6.68. The van der Waals surface area contributed by atoms with Gasteiger partial charge in [0.25, 0.3) is 5.91 Å². The normalized spacial score (nSPS) is 10.5. The fourth-order valence-electron chi connectivity index (χ4n) is 1.69. The van der Waals surface area contributed by atoms with Gasteiger partial charge in [-0.2, -0.15) is 0 Å². The monoisotopic (exact) mass is 342 g/mol. The number of hydrogen-bond acceptors (Lipinski definition) is 3. The molecule has 2 rings (SSSR count). The van der Waals surface area contributed by atoms with Crippen LogP contribution in [0.5, 0.6) is 0 Å². The maximum absolute atomic E-state index is 12.2. The van der Waals surface area contributed by atoms with Crippen molar-refractivity contribution in [1.82, 2.24) is 4.90 Å². The molecule has 0 radical (unpaired) electrons. The molecule has 2 N–H and O–H groups in total. The van der Waals surface area contributed by atoms with Gasteiger partial charge in [-0.15, -0.1) is 0 Å². The molecule has 6 heteroatoms. The van der Waals surface area contributed by atoms with E-state index in [2.05, 4.69) is 15.9 Å². The average Bonchev–Trinajstić information content (AvgIpc) is 2.79. The number of benzene rings is 1. The Kier molecular flexibility index (Phi) is 4.17. The van der Waals surface area contributed by atoms with E-state index in [1.807, 2.05) is 0 Å². The number of amides is 1. The van der Waals surface area contributed by atoms with Gasteiger partial charge in [0.15, 0.2) is 4.67 Å². The lowest BCUT2D eigenvalue weighted by Crippen LogP contribution is -2.26. The summed E-state index contributed by atoms with van der Waals surface area (Å²) in [4.78, 5) is 13.7. The fourth-order valence-corrected chi connectivity index (χ4v) is 2.28. The molecule has 1 amide bonds. The van der Waals surface area contributed by atoms with Crippen LogP contribution < -0.4 is 5.73 Å². The summed E-state index contributed by atoms with van der Waals surface area (Å²) in [6.07, 6.45) is 1.46. The van der Waals surface area contributed by atoms with Gasteiger partial charge < -0.3 is 15.1 Å². The van der Waals surface area contributed by atoms with Crippen LogP contribution >= 0.6 is 27.5 Å². The highest BCUT2D eigenvalue weighted by Crippen LogP contribution is 2.23. The molecule has 0 spiro atoms. The van der Waals surface area contributed by atoms with Crippen LogP contribution in [-0.2, 0) is 6.54 Å². The molecule has 0 saturated carbocycles. The molecule has 0 aliphatic heterocycles. The largest absolute Gasteiger partial charge is 0.457 e. The van der Waals surface area contributed by atoms with E-state index in [1.54, 1.807) is 36.2 Å². The summed E-state index contributed by atoms with van der Waals surface area (Å²) >= 11 is 9.27. The Morgan fingerprint density at radius 2 is 2.21 bits per heavy atom. The Bertz CT molecular complexity index is 612. The fraction of sp³-hybridized carbons (Fsp3) is 0.154. The van der Waals surface area contributed by atoms with E-state index >= 15 is 0 Å². The van der Waals surface area contributed by atoms with Crippen LogP contribution in [0.4, 0.5) is 5.69 Å². The minimum Gasteiger partial charge on any atom is -0.457 e. The van der Waals surface area contributed by atoms with Crippen molar-refractivity contribution in [3.05, 3.63) is 51.3 Å². The molecule has 1 aromatic heterocycles. The molecule has 1 heterocycles. The standard InChI is InChI=1S/C13H12BrClN2O2/c1-17(13(18)10-4-5-19-12(10)14)7-8-6-9(16)2-3-11(8)15/h2-6H,7,16H2,1H3. The highest BCUT2D eigenvalue weighted by Gasteiger charge is 2.18. The van der Waals surface area contributed by atoms with E-state index in [1.165, 1.54) is 6.26 Å². The third-order valence-corrected chi connectivity index (χ3v) is 3.66. The Labute approximate surface area is 124 Å². The second kappa shape index (κ2) is 5.67. The molecule has 4 nitrogen and oxygen atoms in total. The molecule has 0 bridgehead atoms. The Hall–Kier alpha value is -1.46. The Morgan fingerprint density at radius 1 is 1.47 bits per heavy atom. The summed E-state index contributed by atoms with van der Waals surface area (Å²) in [6.45, 7) is 0.375. The van der Waals surface area contributed by atoms with Crippen LogP contribution in [0.2, 0.25) is 5.02 Å². The van der Waals surface area contributed by atoms with Crippen molar-refractivity contribution in [2.24, 2.45) is 0 Å². The van der Waals surface area contributed by atoms with Crippen molar-refractivity contribution in [3.8, 4) is 0 Å².